The van der Waals surface area contributed by atoms with Gasteiger partial charge in [-0.05, 0) is 161 Å². The lowest BCUT2D eigenvalue weighted by molar-refractivity contribution is -0.167. The predicted octanol–water partition coefficient (Wildman–Crippen LogP) is 22.2. The molecule has 0 aromatic heterocycles. The van der Waals surface area contributed by atoms with Crippen LogP contribution in [0.5, 0.6) is 0 Å². The molecule has 0 spiro atoms. The molecule has 0 N–H and O–H groups in total. The van der Waals surface area contributed by atoms with Crippen molar-refractivity contribution in [1.29, 1.82) is 0 Å². The summed E-state index contributed by atoms with van der Waals surface area (Å²) in [6.45, 7) is 6.22. The van der Waals surface area contributed by atoms with Gasteiger partial charge in [-0.3, -0.25) is 14.4 Å². The predicted molar refractivity (Wildman–Crippen MR) is 352 cm³/mol. The van der Waals surface area contributed by atoms with Crippen molar-refractivity contribution in [3.05, 3.63) is 194 Å². The lowest BCUT2D eigenvalue weighted by atomic mass is 10.1. The first-order valence-electron chi connectivity index (χ1n) is 31.9. The van der Waals surface area contributed by atoms with Gasteiger partial charge >= 0.3 is 17.9 Å². The lowest BCUT2D eigenvalue weighted by Gasteiger charge is -2.18. The summed E-state index contributed by atoms with van der Waals surface area (Å²) in [6.07, 6.45) is 102. The van der Waals surface area contributed by atoms with Crippen molar-refractivity contribution in [2.45, 2.75) is 245 Å². The molecule has 81 heavy (non-hydrogen) atoms. The van der Waals surface area contributed by atoms with Crippen LogP contribution in [0.25, 0.3) is 0 Å². The van der Waals surface area contributed by atoms with E-state index in [1.807, 2.05) is 0 Å². The summed E-state index contributed by atoms with van der Waals surface area (Å²) in [6, 6.07) is 0. The van der Waals surface area contributed by atoms with E-state index >= 15 is 0 Å². The number of allylic oxidation sites excluding steroid dienone is 32. The number of ether oxygens (including phenoxy) is 3. The standard InChI is InChI=1S/C75H114O6/c1-4-7-10-13-16-19-22-25-28-29-30-31-32-33-34-35-36-37-38-39-40-41-42-43-44-45-48-50-53-56-59-62-65-68-74(77)80-71-72(81-75(78)69-66-63-60-57-54-51-47-27-24-21-18-15-12-9-6-3)70-79-73(76)67-64-61-58-55-52-49-46-26-23-20-17-14-11-8-5-2/h7-12,16-21,25-28,30-31,33-34,36-37,39-40,42-43,45-48,53,56,72H,4-6,13-15,22-24,29,32,35,38,41,44,49-52,54-55,57-71H2,1-3H3/b10-7-,11-8-,12-9-,19-16-,20-17-,21-18-,28-25-,31-30-,34-33-,37-36-,40-39-,43-42-,46-26-,47-27-,48-45-,56-53-. The van der Waals surface area contributed by atoms with Crippen LogP contribution >= 0.6 is 0 Å². The molecule has 1 atom stereocenters. The summed E-state index contributed by atoms with van der Waals surface area (Å²) in [4.78, 5) is 38.3. The third kappa shape index (κ3) is 64.9. The van der Waals surface area contributed by atoms with Gasteiger partial charge in [-0.2, -0.15) is 0 Å². The Hall–Kier alpha value is -5.75. The molecule has 0 aliphatic carbocycles. The topological polar surface area (TPSA) is 78.9 Å². The summed E-state index contributed by atoms with van der Waals surface area (Å²) in [7, 11) is 0. The third-order valence-electron chi connectivity index (χ3n) is 12.6. The molecule has 450 valence electrons. The Balaban J connectivity index is 4.45. The van der Waals surface area contributed by atoms with Gasteiger partial charge in [-0.25, -0.2) is 0 Å². The average Bonchev–Trinajstić information content (AvgIpc) is 3.47. The molecule has 0 rings (SSSR count). The SMILES string of the molecule is CC/C=C\C/C=C\C/C=C\C/C=C\C/C=C\C/C=C\C/C=C\C/C=C\C/C=C\C/C=C\CCCCC(=O)OCC(COC(=O)CCCCCCC/C=C\C/C=C\C/C=C\CC)OC(=O)CCCCCCC/C=C\C/C=C\C/C=C\CC. The summed E-state index contributed by atoms with van der Waals surface area (Å²) < 4.78 is 16.8. The molecule has 0 radical (unpaired) electrons. The van der Waals surface area contributed by atoms with Gasteiger partial charge in [0.2, 0.25) is 0 Å². The summed E-state index contributed by atoms with van der Waals surface area (Å²) >= 11 is 0. The first-order valence-corrected chi connectivity index (χ1v) is 31.9. The van der Waals surface area contributed by atoms with E-state index in [-0.39, 0.29) is 44.0 Å². The van der Waals surface area contributed by atoms with Crippen LogP contribution in [0.15, 0.2) is 194 Å². The molecular formula is C75H114O6. The van der Waals surface area contributed by atoms with Crippen LogP contribution in [-0.2, 0) is 28.6 Å². The van der Waals surface area contributed by atoms with E-state index in [9.17, 15) is 14.4 Å². The van der Waals surface area contributed by atoms with Crippen LogP contribution in [-0.4, -0.2) is 37.2 Å². The Morgan fingerprint density at radius 3 is 0.716 bits per heavy atom. The number of carbonyl (C=O) groups is 3. The van der Waals surface area contributed by atoms with E-state index in [0.29, 0.717) is 12.8 Å². The van der Waals surface area contributed by atoms with Gasteiger partial charge in [0.15, 0.2) is 6.10 Å². The van der Waals surface area contributed by atoms with E-state index in [1.54, 1.807) is 0 Å². The van der Waals surface area contributed by atoms with E-state index in [2.05, 4.69) is 215 Å². The van der Waals surface area contributed by atoms with Crippen LogP contribution < -0.4 is 0 Å². The Morgan fingerprint density at radius 1 is 0.247 bits per heavy atom. The smallest absolute Gasteiger partial charge is 0.306 e. The molecular weight excluding hydrogens is 997 g/mol. The van der Waals surface area contributed by atoms with Crippen LogP contribution in [0, 0.1) is 0 Å². The van der Waals surface area contributed by atoms with Crippen molar-refractivity contribution in [3.63, 3.8) is 0 Å². The van der Waals surface area contributed by atoms with Crippen molar-refractivity contribution in [3.8, 4) is 0 Å². The number of rotatable bonds is 55. The van der Waals surface area contributed by atoms with E-state index < -0.39 is 6.10 Å². The quantitative estimate of drug-likeness (QED) is 0.0261. The van der Waals surface area contributed by atoms with Crippen molar-refractivity contribution in [1.82, 2.24) is 0 Å². The third-order valence-corrected chi connectivity index (χ3v) is 12.6. The van der Waals surface area contributed by atoms with E-state index in [0.717, 1.165) is 193 Å². The average molecular weight is 1110 g/mol. The van der Waals surface area contributed by atoms with Crippen molar-refractivity contribution >= 4 is 17.9 Å². The number of esters is 3. The van der Waals surface area contributed by atoms with Gasteiger partial charge in [-0.1, -0.05) is 254 Å². The highest BCUT2D eigenvalue weighted by Crippen LogP contribution is 2.13. The molecule has 6 heteroatoms. The molecule has 0 heterocycles. The van der Waals surface area contributed by atoms with Crippen LogP contribution in [0.2, 0.25) is 0 Å². The monoisotopic (exact) mass is 1110 g/mol. The van der Waals surface area contributed by atoms with Gasteiger partial charge in [0.25, 0.3) is 0 Å². The van der Waals surface area contributed by atoms with Gasteiger partial charge < -0.3 is 14.2 Å². The van der Waals surface area contributed by atoms with E-state index in [1.165, 1.54) is 0 Å². The zero-order valence-corrected chi connectivity index (χ0v) is 51.5. The second-order valence-electron chi connectivity index (χ2n) is 20.2. The minimum Gasteiger partial charge on any atom is -0.462 e. The van der Waals surface area contributed by atoms with Crippen molar-refractivity contribution < 1.29 is 28.6 Å². The maximum absolute atomic E-state index is 12.9. The molecule has 0 saturated heterocycles. The van der Waals surface area contributed by atoms with Crippen molar-refractivity contribution in [2.24, 2.45) is 0 Å². The summed E-state index contributed by atoms with van der Waals surface area (Å²) in [5.74, 6) is -1.01. The van der Waals surface area contributed by atoms with Crippen molar-refractivity contribution in [2.75, 3.05) is 13.2 Å². The molecule has 0 aromatic carbocycles. The minimum absolute atomic E-state index is 0.118. The Kier molecular flexibility index (Phi) is 62.0. The normalized spacial score (nSPS) is 13.5. The Morgan fingerprint density at radius 2 is 0.444 bits per heavy atom. The number of hydrogen-bond acceptors (Lipinski definition) is 6. The maximum atomic E-state index is 12.9. The van der Waals surface area contributed by atoms with Crippen LogP contribution in [0.3, 0.4) is 0 Å². The number of carbonyl (C=O) groups excluding carboxylic acids is 3. The number of hydrogen-bond donors (Lipinski definition) is 0. The second kappa shape index (κ2) is 66.8. The van der Waals surface area contributed by atoms with Gasteiger partial charge in [-0.15, -0.1) is 0 Å². The zero-order chi connectivity index (χ0) is 58.5. The first-order chi connectivity index (χ1) is 40.0. The highest BCUT2D eigenvalue weighted by molar-refractivity contribution is 5.71. The van der Waals surface area contributed by atoms with Crippen LogP contribution in [0.4, 0.5) is 0 Å². The fraction of sp³-hybridized carbons (Fsp3) is 0.533. The van der Waals surface area contributed by atoms with E-state index in [4.69, 9.17) is 14.2 Å². The largest absolute Gasteiger partial charge is 0.462 e. The Bertz CT molecular complexity index is 1950. The molecule has 6 nitrogen and oxygen atoms in total. The molecule has 0 amide bonds. The maximum Gasteiger partial charge on any atom is 0.306 e. The number of unbranched alkanes of at least 4 members (excludes halogenated alkanes) is 12. The Labute approximate surface area is 497 Å². The molecule has 0 aliphatic heterocycles. The first kappa shape index (κ1) is 75.2. The van der Waals surface area contributed by atoms with Gasteiger partial charge in [0, 0.05) is 19.3 Å². The summed E-state index contributed by atoms with van der Waals surface area (Å²) in [5, 5.41) is 0. The van der Waals surface area contributed by atoms with Gasteiger partial charge in [0.05, 0.1) is 0 Å². The molecule has 0 aromatic rings. The fourth-order valence-corrected chi connectivity index (χ4v) is 7.91. The lowest BCUT2D eigenvalue weighted by Crippen LogP contribution is -2.30. The highest BCUT2D eigenvalue weighted by atomic mass is 16.6. The highest BCUT2D eigenvalue weighted by Gasteiger charge is 2.19. The molecule has 0 saturated carbocycles. The van der Waals surface area contributed by atoms with Crippen LogP contribution in [0.1, 0.15) is 239 Å². The van der Waals surface area contributed by atoms with Gasteiger partial charge in [0.1, 0.15) is 13.2 Å². The molecule has 0 fully saturated rings. The summed E-state index contributed by atoms with van der Waals surface area (Å²) in [5.41, 5.74) is 0. The molecule has 1 unspecified atom stereocenters. The molecule has 0 bridgehead atoms. The minimum atomic E-state index is -0.825. The molecule has 0 aliphatic rings. The fourth-order valence-electron chi connectivity index (χ4n) is 7.91. The second-order valence-corrected chi connectivity index (χ2v) is 20.2. The zero-order valence-electron chi connectivity index (χ0n) is 51.5.